The van der Waals surface area contributed by atoms with Crippen molar-refractivity contribution in [2.24, 2.45) is 7.05 Å². The van der Waals surface area contributed by atoms with Gasteiger partial charge in [0.05, 0.1) is 23.6 Å². The zero-order valence-corrected chi connectivity index (χ0v) is 20.4. The average Bonchev–Trinajstić information content (AvgIpc) is 3.26. The predicted octanol–water partition coefficient (Wildman–Crippen LogP) is 5.90. The molecule has 2 aromatic carbocycles. The van der Waals surface area contributed by atoms with Crippen molar-refractivity contribution < 1.29 is 4.74 Å². The molecule has 0 bridgehead atoms. The van der Waals surface area contributed by atoms with Crippen LogP contribution in [0.2, 0.25) is 0 Å². The Morgan fingerprint density at radius 2 is 1.83 bits per heavy atom. The van der Waals surface area contributed by atoms with E-state index in [2.05, 4.69) is 30.6 Å². The number of nitrogens with one attached hydrogen (secondary N) is 2. The van der Waals surface area contributed by atoms with Gasteiger partial charge in [-0.3, -0.25) is 0 Å². The average molecular weight is 481 g/mol. The molecule has 1 saturated carbocycles. The first kappa shape index (κ1) is 22.2. The van der Waals surface area contributed by atoms with Gasteiger partial charge < -0.3 is 19.9 Å². The molecule has 1 fully saturated rings. The number of rotatable bonds is 6. The lowest BCUT2D eigenvalue weighted by Gasteiger charge is -2.22. The fourth-order valence-corrected chi connectivity index (χ4v) is 4.73. The number of hydrogen-bond acceptors (Lipinski definition) is 8. The van der Waals surface area contributed by atoms with Crippen LogP contribution in [0.1, 0.15) is 37.7 Å². The van der Waals surface area contributed by atoms with E-state index >= 15 is 0 Å². The van der Waals surface area contributed by atoms with Crippen LogP contribution in [-0.4, -0.2) is 35.5 Å². The van der Waals surface area contributed by atoms with Gasteiger partial charge in [0.15, 0.2) is 5.82 Å². The van der Waals surface area contributed by atoms with Crippen LogP contribution in [0.3, 0.4) is 0 Å². The molecule has 1 aliphatic rings. The zero-order chi connectivity index (χ0) is 24.5. The van der Waals surface area contributed by atoms with E-state index in [4.69, 9.17) is 9.72 Å². The Bertz CT molecular complexity index is 1540. The smallest absolute Gasteiger partial charge is 0.223 e. The largest absolute Gasteiger partial charge is 0.457 e. The topological polar surface area (TPSA) is 103 Å². The third-order valence-corrected chi connectivity index (χ3v) is 6.68. The number of nitrogens with zero attached hydrogens (tertiary/aromatic N) is 6. The second kappa shape index (κ2) is 9.41. The molecule has 0 radical (unpaired) electrons. The molecular weight excluding hydrogens is 452 g/mol. The van der Waals surface area contributed by atoms with Gasteiger partial charge in [0, 0.05) is 24.8 Å². The molecule has 0 amide bonds. The normalized spacial score (nSPS) is 14.3. The van der Waals surface area contributed by atoms with Gasteiger partial charge >= 0.3 is 0 Å². The van der Waals surface area contributed by atoms with Gasteiger partial charge in [-0.25, -0.2) is 24.9 Å². The van der Waals surface area contributed by atoms with E-state index in [9.17, 15) is 0 Å². The third-order valence-electron chi connectivity index (χ3n) is 6.68. The minimum atomic E-state index is 0.422. The molecule has 9 heteroatoms. The second-order valence-electron chi connectivity index (χ2n) is 9.34. The second-order valence-corrected chi connectivity index (χ2v) is 9.34. The summed E-state index contributed by atoms with van der Waals surface area (Å²) in [6.45, 7) is 2.02. The Kier molecular flexibility index (Phi) is 5.80. The molecule has 6 rings (SSSR count). The Hall–Kier alpha value is -4.27. The highest BCUT2D eigenvalue weighted by Gasteiger charge is 2.15. The van der Waals surface area contributed by atoms with E-state index in [1.54, 1.807) is 12.5 Å². The first-order valence-electron chi connectivity index (χ1n) is 12.3. The Morgan fingerprint density at radius 1 is 0.944 bits per heavy atom. The van der Waals surface area contributed by atoms with Crippen LogP contribution >= 0.6 is 0 Å². The number of hydrogen-bond donors (Lipinski definition) is 2. The van der Waals surface area contributed by atoms with Gasteiger partial charge in [0.25, 0.3) is 0 Å². The Labute approximate surface area is 209 Å². The highest BCUT2D eigenvalue weighted by molar-refractivity contribution is 5.87. The number of ether oxygens (including phenoxy) is 1. The van der Waals surface area contributed by atoms with Gasteiger partial charge in [0.2, 0.25) is 5.95 Å². The van der Waals surface area contributed by atoms with Crippen molar-refractivity contribution >= 4 is 39.5 Å². The van der Waals surface area contributed by atoms with E-state index in [-0.39, 0.29) is 0 Å². The first-order valence-corrected chi connectivity index (χ1v) is 12.3. The van der Waals surface area contributed by atoms with Crippen LogP contribution in [-0.2, 0) is 7.05 Å². The summed E-state index contributed by atoms with van der Waals surface area (Å²) in [4.78, 5) is 22.4. The lowest BCUT2D eigenvalue weighted by molar-refractivity contribution is 0.461. The van der Waals surface area contributed by atoms with E-state index < -0.39 is 0 Å². The van der Waals surface area contributed by atoms with Crippen LogP contribution in [0.4, 0.5) is 17.5 Å². The molecule has 182 valence electrons. The number of anilines is 3. The summed E-state index contributed by atoms with van der Waals surface area (Å²) >= 11 is 0. The first-order chi connectivity index (χ1) is 17.6. The number of aromatic nitrogens is 6. The predicted molar refractivity (Wildman–Crippen MR) is 141 cm³/mol. The minimum Gasteiger partial charge on any atom is -0.457 e. The van der Waals surface area contributed by atoms with Crippen molar-refractivity contribution in [1.82, 2.24) is 29.5 Å². The molecule has 0 unspecified atom stereocenters. The van der Waals surface area contributed by atoms with Crippen LogP contribution in [0.25, 0.3) is 22.1 Å². The van der Waals surface area contributed by atoms with Crippen molar-refractivity contribution in [3.05, 3.63) is 60.8 Å². The van der Waals surface area contributed by atoms with Gasteiger partial charge in [-0.1, -0.05) is 19.3 Å². The number of fused-ring (bicyclic) bond motifs is 2. The SMILES string of the molecule is Cc1cc(Nc2ncnc3cnc(NC4CCCCC4)nc23)ccc1Oc1ccc2c(c1)ncn2C. The molecule has 0 spiro atoms. The maximum Gasteiger partial charge on any atom is 0.223 e. The summed E-state index contributed by atoms with van der Waals surface area (Å²) in [6, 6.07) is 12.3. The van der Waals surface area contributed by atoms with Gasteiger partial charge in [-0.05, 0) is 55.7 Å². The van der Waals surface area contributed by atoms with Crippen molar-refractivity contribution in [1.29, 1.82) is 0 Å². The fourth-order valence-electron chi connectivity index (χ4n) is 4.73. The molecule has 3 aromatic heterocycles. The monoisotopic (exact) mass is 480 g/mol. The molecule has 0 saturated heterocycles. The maximum absolute atomic E-state index is 6.16. The Morgan fingerprint density at radius 3 is 2.69 bits per heavy atom. The fraction of sp³-hybridized carbons (Fsp3) is 0.296. The standard InChI is InChI=1S/C27H28N8O/c1-17-12-19(8-11-24(17)36-20-9-10-23-21(13-20)31-16-35(23)2)32-26-25-22(29-15-30-26)14-28-27(34-25)33-18-6-4-3-5-7-18/h8-16,18H,3-7H2,1-2H3,(H,28,33,34)(H,29,30,32). The number of benzene rings is 2. The van der Waals surface area contributed by atoms with Crippen LogP contribution < -0.4 is 15.4 Å². The summed E-state index contributed by atoms with van der Waals surface area (Å²) in [5, 5.41) is 6.89. The highest BCUT2D eigenvalue weighted by Crippen LogP contribution is 2.31. The van der Waals surface area contributed by atoms with Crippen LogP contribution in [0.15, 0.2) is 55.2 Å². The molecule has 0 aliphatic heterocycles. The molecule has 9 nitrogen and oxygen atoms in total. The summed E-state index contributed by atoms with van der Waals surface area (Å²) in [5.41, 5.74) is 5.24. The van der Waals surface area contributed by atoms with Gasteiger partial charge in [-0.15, -0.1) is 0 Å². The number of imidazole rings is 1. The summed E-state index contributed by atoms with van der Waals surface area (Å²) in [5.74, 6) is 2.80. The maximum atomic E-state index is 6.16. The van der Waals surface area contributed by atoms with E-state index in [1.807, 2.05) is 54.9 Å². The quantitative estimate of drug-likeness (QED) is 0.310. The molecular formula is C27H28N8O. The minimum absolute atomic E-state index is 0.422. The van der Waals surface area contributed by atoms with Crippen molar-refractivity contribution in [3.63, 3.8) is 0 Å². The molecule has 0 atom stereocenters. The summed E-state index contributed by atoms with van der Waals surface area (Å²) in [6.07, 6.45) is 11.2. The molecule has 36 heavy (non-hydrogen) atoms. The van der Waals surface area contributed by atoms with Gasteiger partial charge in [0.1, 0.15) is 28.9 Å². The highest BCUT2D eigenvalue weighted by atomic mass is 16.5. The van der Waals surface area contributed by atoms with Crippen molar-refractivity contribution in [2.75, 3.05) is 10.6 Å². The number of aryl methyl sites for hydroxylation is 2. The van der Waals surface area contributed by atoms with E-state index in [0.717, 1.165) is 46.6 Å². The summed E-state index contributed by atoms with van der Waals surface area (Å²) < 4.78 is 8.15. The molecule has 2 N–H and O–H groups in total. The lowest BCUT2D eigenvalue weighted by Crippen LogP contribution is -2.23. The molecule has 3 heterocycles. The van der Waals surface area contributed by atoms with Crippen molar-refractivity contribution in [2.45, 2.75) is 45.1 Å². The van der Waals surface area contributed by atoms with Gasteiger partial charge in [-0.2, -0.15) is 0 Å². The summed E-state index contributed by atoms with van der Waals surface area (Å²) in [7, 11) is 1.98. The van der Waals surface area contributed by atoms with Crippen LogP contribution in [0.5, 0.6) is 11.5 Å². The van der Waals surface area contributed by atoms with Crippen LogP contribution in [0, 0.1) is 6.92 Å². The zero-order valence-electron chi connectivity index (χ0n) is 20.4. The van der Waals surface area contributed by atoms with Crippen molar-refractivity contribution in [3.8, 4) is 11.5 Å². The molecule has 5 aromatic rings. The lowest BCUT2D eigenvalue weighted by atomic mass is 9.96. The third kappa shape index (κ3) is 4.51. The van der Waals surface area contributed by atoms with E-state index in [0.29, 0.717) is 28.8 Å². The van der Waals surface area contributed by atoms with E-state index in [1.165, 1.54) is 25.6 Å². The molecule has 1 aliphatic carbocycles. The Balaban J connectivity index is 1.22.